The second-order valence-electron chi connectivity index (χ2n) is 5.42. The third kappa shape index (κ3) is 4.13. The average Bonchev–Trinajstić information content (AvgIpc) is 2.56. The van der Waals surface area contributed by atoms with E-state index in [0.717, 1.165) is 29.7 Å². The Bertz CT molecular complexity index is 660. The van der Waals surface area contributed by atoms with Crippen LogP contribution in [-0.2, 0) is 0 Å². The highest BCUT2D eigenvalue weighted by Gasteiger charge is 2.12. The highest BCUT2D eigenvalue weighted by atomic mass is 16.5. The van der Waals surface area contributed by atoms with Crippen molar-refractivity contribution >= 4 is 22.7 Å². The van der Waals surface area contributed by atoms with Crippen molar-refractivity contribution < 1.29 is 9.47 Å². The van der Waals surface area contributed by atoms with Gasteiger partial charge in [0.05, 0.1) is 19.2 Å². The molecule has 7 heteroatoms. The molecule has 23 heavy (non-hydrogen) atoms. The minimum atomic E-state index is 0.561. The summed E-state index contributed by atoms with van der Waals surface area (Å²) in [5, 5.41) is 6.95. The summed E-state index contributed by atoms with van der Waals surface area (Å²) < 4.78 is 11.3. The molecule has 0 atom stereocenters. The highest BCUT2D eigenvalue weighted by Crippen LogP contribution is 2.34. The fraction of sp³-hybridized carbons (Fsp3) is 0.500. The predicted octanol–water partition coefficient (Wildman–Crippen LogP) is 2.05. The summed E-state index contributed by atoms with van der Waals surface area (Å²) in [7, 11) is 9.36. The lowest BCUT2D eigenvalue weighted by molar-refractivity contribution is 0.268. The summed E-state index contributed by atoms with van der Waals surface area (Å²) in [5.41, 5.74) is 0.803. The second kappa shape index (κ2) is 7.82. The SMILES string of the molecule is CNc1nc(NC)c2cc(OC)c(OCCCN(C)C)cc2n1. The molecule has 0 spiro atoms. The topological polar surface area (TPSA) is 71.5 Å². The van der Waals surface area contributed by atoms with Gasteiger partial charge in [0.2, 0.25) is 5.95 Å². The maximum atomic E-state index is 5.88. The molecular formula is C16H25N5O2. The Morgan fingerprint density at radius 1 is 1.09 bits per heavy atom. The molecule has 0 bridgehead atoms. The zero-order valence-corrected chi connectivity index (χ0v) is 14.4. The fourth-order valence-corrected chi connectivity index (χ4v) is 2.27. The number of rotatable bonds is 8. The first-order chi connectivity index (χ1) is 11.1. The second-order valence-corrected chi connectivity index (χ2v) is 5.42. The Morgan fingerprint density at radius 2 is 1.87 bits per heavy atom. The van der Waals surface area contributed by atoms with Gasteiger partial charge in [-0.1, -0.05) is 0 Å². The molecule has 1 aromatic carbocycles. The molecule has 1 aromatic heterocycles. The van der Waals surface area contributed by atoms with E-state index in [2.05, 4.69) is 25.5 Å². The lowest BCUT2D eigenvalue weighted by atomic mass is 10.2. The van der Waals surface area contributed by atoms with Crippen LogP contribution in [0.25, 0.3) is 10.9 Å². The summed E-state index contributed by atoms with van der Waals surface area (Å²) in [5.74, 6) is 2.68. The molecule has 0 amide bonds. The van der Waals surface area contributed by atoms with Crippen molar-refractivity contribution in [1.29, 1.82) is 0 Å². The van der Waals surface area contributed by atoms with Gasteiger partial charge in [0.25, 0.3) is 0 Å². The number of methoxy groups -OCH3 is 1. The van der Waals surface area contributed by atoms with Crippen molar-refractivity contribution in [2.24, 2.45) is 0 Å². The summed E-state index contributed by atoms with van der Waals surface area (Å²) in [6, 6.07) is 3.80. The fourth-order valence-electron chi connectivity index (χ4n) is 2.27. The molecule has 7 nitrogen and oxygen atoms in total. The normalized spacial score (nSPS) is 10.9. The molecule has 2 N–H and O–H groups in total. The van der Waals surface area contributed by atoms with Crippen LogP contribution < -0.4 is 20.1 Å². The van der Waals surface area contributed by atoms with E-state index in [1.807, 2.05) is 33.3 Å². The van der Waals surface area contributed by atoms with Gasteiger partial charge < -0.3 is 25.0 Å². The van der Waals surface area contributed by atoms with Crippen LogP contribution >= 0.6 is 0 Å². The maximum absolute atomic E-state index is 5.88. The van der Waals surface area contributed by atoms with E-state index >= 15 is 0 Å². The van der Waals surface area contributed by atoms with Gasteiger partial charge in [-0.15, -0.1) is 0 Å². The van der Waals surface area contributed by atoms with Gasteiger partial charge in [0, 0.05) is 32.1 Å². The monoisotopic (exact) mass is 319 g/mol. The van der Waals surface area contributed by atoms with Gasteiger partial charge >= 0.3 is 0 Å². The molecule has 1 heterocycles. The number of nitrogens with zero attached hydrogens (tertiary/aromatic N) is 3. The molecular weight excluding hydrogens is 294 g/mol. The molecule has 2 aromatic rings. The van der Waals surface area contributed by atoms with Crippen molar-refractivity contribution in [2.45, 2.75) is 6.42 Å². The number of anilines is 2. The third-order valence-electron chi connectivity index (χ3n) is 3.45. The quantitative estimate of drug-likeness (QED) is 0.722. The number of hydrogen-bond donors (Lipinski definition) is 2. The van der Waals surface area contributed by atoms with Crippen molar-refractivity contribution in [3.63, 3.8) is 0 Å². The summed E-state index contributed by atoms with van der Waals surface area (Å²) in [6.45, 7) is 1.61. The van der Waals surface area contributed by atoms with Gasteiger partial charge in [-0.3, -0.25) is 0 Å². The van der Waals surface area contributed by atoms with Crippen LogP contribution in [0.3, 0.4) is 0 Å². The lowest BCUT2D eigenvalue weighted by Gasteiger charge is -2.15. The summed E-state index contributed by atoms with van der Waals surface area (Å²) in [4.78, 5) is 11.0. The molecule has 0 radical (unpaired) electrons. The number of aromatic nitrogens is 2. The largest absolute Gasteiger partial charge is 0.493 e. The summed E-state index contributed by atoms with van der Waals surface area (Å²) in [6.07, 6.45) is 0.946. The van der Waals surface area contributed by atoms with Crippen LogP contribution in [0.15, 0.2) is 12.1 Å². The third-order valence-corrected chi connectivity index (χ3v) is 3.45. The van der Waals surface area contributed by atoms with Crippen molar-refractivity contribution in [3.05, 3.63) is 12.1 Å². The smallest absolute Gasteiger partial charge is 0.224 e. The van der Waals surface area contributed by atoms with Gasteiger partial charge in [-0.25, -0.2) is 4.98 Å². The molecule has 0 saturated heterocycles. The number of ether oxygens (including phenoxy) is 2. The first-order valence-electron chi connectivity index (χ1n) is 7.61. The Labute approximate surface area is 137 Å². The van der Waals surface area contributed by atoms with Crippen molar-refractivity contribution in [2.75, 3.05) is 59.1 Å². The van der Waals surface area contributed by atoms with Gasteiger partial charge in [0.1, 0.15) is 5.82 Å². The minimum Gasteiger partial charge on any atom is -0.493 e. The van der Waals surface area contributed by atoms with E-state index in [-0.39, 0.29) is 0 Å². The molecule has 0 saturated carbocycles. The van der Waals surface area contributed by atoms with Crippen molar-refractivity contribution in [1.82, 2.24) is 14.9 Å². The van der Waals surface area contributed by atoms with Gasteiger partial charge in [-0.05, 0) is 26.6 Å². The van der Waals surface area contributed by atoms with Crippen molar-refractivity contribution in [3.8, 4) is 11.5 Å². The zero-order chi connectivity index (χ0) is 16.8. The summed E-state index contributed by atoms with van der Waals surface area (Å²) >= 11 is 0. The van der Waals surface area contributed by atoms with Crippen LogP contribution in [0.4, 0.5) is 11.8 Å². The Hall–Kier alpha value is -2.28. The van der Waals surface area contributed by atoms with Crippen LogP contribution in [0.1, 0.15) is 6.42 Å². The predicted molar refractivity (Wildman–Crippen MR) is 93.8 cm³/mol. The van der Waals surface area contributed by atoms with E-state index in [1.165, 1.54) is 0 Å². The first-order valence-corrected chi connectivity index (χ1v) is 7.61. The number of hydrogen-bond acceptors (Lipinski definition) is 7. The van der Waals surface area contributed by atoms with E-state index in [4.69, 9.17) is 9.47 Å². The average molecular weight is 319 g/mol. The number of benzene rings is 1. The maximum Gasteiger partial charge on any atom is 0.224 e. The van der Waals surface area contributed by atoms with Crippen LogP contribution in [0, 0.1) is 0 Å². The van der Waals surface area contributed by atoms with Crippen LogP contribution in [0.2, 0.25) is 0 Å². The van der Waals surface area contributed by atoms with Gasteiger partial charge in [-0.2, -0.15) is 4.98 Å². The van der Waals surface area contributed by atoms with Crippen LogP contribution in [0.5, 0.6) is 11.5 Å². The van der Waals surface area contributed by atoms with E-state index < -0.39 is 0 Å². The van der Waals surface area contributed by atoms with E-state index in [0.29, 0.717) is 24.1 Å². The Balaban J connectivity index is 2.32. The van der Waals surface area contributed by atoms with E-state index in [9.17, 15) is 0 Å². The molecule has 0 aliphatic heterocycles. The highest BCUT2D eigenvalue weighted by molar-refractivity contribution is 5.92. The first kappa shape index (κ1) is 17.1. The zero-order valence-electron chi connectivity index (χ0n) is 14.4. The number of fused-ring (bicyclic) bond motifs is 1. The number of nitrogens with one attached hydrogen (secondary N) is 2. The van der Waals surface area contributed by atoms with Crippen LogP contribution in [-0.4, -0.2) is 63.3 Å². The lowest BCUT2D eigenvalue weighted by Crippen LogP contribution is -2.15. The standard InChI is InChI=1S/C16H25N5O2/c1-17-15-11-9-13(22-5)14(23-8-6-7-21(3)4)10-12(11)19-16(18-2)20-15/h9-10H,6-8H2,1-5H3,(H2,17,18,19,20). The Kier molecular flexibility index (Phi) is 5.81. The van der Waals surface area contributed by atoms with E-state index in [1.54, 1.807) is 14.2 Å². The Morgan fingerprint density at radius 3 is 2.48 bits per heavy atom. The molecule has 0 aliphatic carbocycles. The minimum absolute atomic E-state index is 0.561. The molecule has 2 rings (SSSR count). The van der Waals surface area contributed by atoms with Gasteiger partial charge in [0.15, 0.2) is 11.5 Å². The molecule has 0 unspecified atom stereocenters. The molecule has 0 aliphatic rings. The molecule has 0 fully saturated rings. The molecule has 126 valence electrons.